The zero-order valence-electron chi connectivity index (χ0n) is 51.6. The number of hydrogen-bond acceptors (Lipinski definition) is 13. The van der Waals surface area contributed by atoms with Crippen LogP contribution in [0.15, 0.2) is 164 Å². The molecular weight excluding hydrogens is 1170 g/mol. The number of fused-ring (bicyclic) bond motifs is 2. The quantitative estimate of drug-likeness (QED) is 0.0376. The molecule has 0 heterocycles. The van der Waals surface area contributed by atoms with Crippen LogP contribution in [0.4, 0.5) is 18.9 Å². The third-order valence-electron chi connectivity index (χ3n) is 16.0. The van der Waals surface area contributed by atoms with E-state index in [2.05, 4.69) is 108 Å². The molecule has 0 saturated heterocycles. The second kappa shape index (κ2) is 26.7. The van der Waals surface area contributed by atoms with Crippen LogP contribution in [0.3, 0.4) is 0 Å². The van der Waals surface area contributed by atoms with Crippen LogP contribution in [-0.2, 0) is 36.0 Å². The first-order valence-corrected chi connectivity index (χ1v) is 33.7. The van der Waals surface area contributed by atoms with Gasteiger partial charge in [-0.1, -0.05) is 169 Å². The van der Waals surface area contributed by atoms with E-state index in [1.54, 1.807) is 28.4 Å². The summed E-state index contributed by atoms with van der Waals surface area (Å²) in [6.45, 7) is 13.1. The molecule has 7 aromatic carbocycles. The van der Waals surface area contributed by atoms with E-state index in [4.69, 9.17) is 51.9 Å². The number of nitrogen functional groups attached to an aromatic ring is 1. The highest BCUT2D eigenvalue weighted by molar-refractivity contribution is 7.87. The summed E-state index contributed by atoms with van der Waals surface area (Å²) < 4.78 is 125. The molecule has 0 radical (unpaired) electrons. The van der Waals surface area contributed by atoms with Crippen LogP contribution < -0.4 is 59.6 Å². The van der Waals surface area contributed by atoms with E-state index in [0.717, 1.165) is 39.1 Å². The van der Waals surface area contributed by atoms with Crippen LogP contribution >= 0.6 is 0 Å². The molecule has 19 heteroatoms. The topological polar surface area (TPSA) is 152 Å². The largest absolute Gasteiger partial charge is 0.534 e. The zero-order valence-corrected chi connectivity index (χ0v) is 54.4. The number of hydrogen-bond donors (Lipinski definition) is 1. The molecule has 2 atom stereocenters. The van der Waals surface area contributed by atoms with Gasteiger partial charge in [-0.05, 0) is 110 Å². The van der Waals surface area contributed by atoms with Gasteiger partial charge < -0.3 is 51.9 Å². The maximum absolute atomic E-state index is 13.6. The van der Waals surface area contributed by atoms with Crippen molar-refractivity contribution in [3.05, 3.63) is 192 Å². The molecule has 0 spiro atoms. The predicted molar refractivity (Wildman–Crippen MR) is 342 cm³/mol. The van der Waals surface area contributed by atoms with Crippen molar-refractivity contribution in [3.8, 4) is 40.2 Å². The molecular formula is C68H78F3NO12SSi2. The van der Waals surface area contributed by atoms with Crippen molar-refractivity contribution in [2.24, 2.45) is 0 Å². The van der Waals surface area contributed by atoms with E-state index in [9.17, 15) is 21.6 Å². The SMILES string of the molecule is COc1cc2c(c(OC)c1OC)CC[C@H](O[Si](c1ccccc1)(c1ccccc1)C(C)(C)C)C=C2OS(=O)(=O)C(F)(F)F.COc1ccc(C2=C[C@@H](O[Si](c3ccccc3)(c3ccccc3)C(C)(C)C)CCc3c2cc(OC)c(OC)c3OC)cc1N. The Morgan fingerprint density at radius 1 is 0.460 bits per heavy atom. The lowest BCUT2D eigenvalue weighted by molar-refractivity contribution is -0.0509. The maximum Gasteiger partial charge on any atom is 0.534 e. The van der Waals surface area contributed by atoms with E-state index in [1.165, 1.54) is 43.8 Å². The molecule has 0 unspecified atom stereocenters. The number of rotatable bonds is 18. The van der Waals surface area contributed by atoms with Gasteiger partial charge >= 0.3 is 15.6 Å². The Balaban J connectivity index is 0.000000226. The number of anilines is 1. The lowest BCUT2D eigenvalue weighted by atomic mass is 9.92. The second-order valence-corrected chi connectivity index (χ2v) is 33.2. The normalized spacial score (nSPS) is 15.5. The van der Waals surface area contributed by atoms with Crippen LogP contribution in [0.1, 0.15) is 82.2 Å². The molecule has 2 N–H and O–H groups in total. The van der Waals surface area contributed by atoms with Crippen LogP contribution in [0.5, 0.6) is 40.2 Å². The molecule has 462 valence electrons. The predicted octanol–water partition coefficient (Wildman–Crippen LogP) is 12.4. The van der Waals surface area contributed by atoms with Crippen molar-refractivity contribution >= 4 is 64.5 Å². The van der Waals surface area contributed by atoms with E-state index in [0.29, 0.717) is 40.7 Å². The van der Waals surface area contributed by atoms with Crippen molar-refractivity contribution in [1.82, 2.24) is 0 Å². The van der Waals surface area contributed by atoms with E-state index < -0.39 is 49.2 Å². The molecule has 9 rings (SSSR count). The monoisotopic (exact) mass is 1250 g/mol. The van der Waals surface area contributed by atoms with Gasteiger partial charge in [0.25, 0.3) is 16.6 Å². The minimum absolute atomic E-state index is 0.0656. The molecule has 7 aromatic rings. The van der Waals surface area contributed by atoms with Crippen LogP contribution in [0.25, 0.3) is 11.3 Å². The van der Waals surface area contributed by atoms with Gasteiger partial charge in [0, 0.05) is 16.7 Å². The van der Waals surface area contributed by atoms with E-state index in [-0.39, 0.29) is 46.8 Å². The molecule has 2 aliphatic rings. The van der Waals surface area contributed by atoms with Crippen molar-refractivity contribution in [2.45, 2.75) is 95.0 Å². The van der Waals surface area contributed by atoms with Crippen molar-refractivity contribution in [1.29, 1.82) is 0 Å². The third-order valence-corrected chi connectivity index (χ3v) is 27.1. The van der Waals surface area contributed by atoms with Crippen molar-refractivity contribution < 1.29 is 67.8 Å². The van der Waals surface area contributed by atoms with Gasteiger partial charge in [0.15, 0.2) is 23.0 Å². The van der Waals surface area contributed by atoms with Crippen LogP contribution in [0.2, 0.25) is 10.1 Å². The Kier molecular flexibility index (Phi) is 20.1. The molecule has 87 heavy (non-hydrogen) atoms. The maximum atomic E-state index is 13.6. The first-order chi connectivity index (χ1) is 41.4. The van der Waals surface area contributed by atoms with Gasteiger partial charge in [-0.15, -0.1) is 0 Å². The first-order valence-electron chi connectivity index (χ1n) is 28.5. The van der Waals surface area contributed by atoms with E-state index in [1.807, 2.05) is 84.9 Å². The molecule has 13 nitrogen and oxygen atoms in total. The highest BCUT2D eigenvalue weighted by Crippen LogP contribution is 2.50. The van der Waals surface area contributed by atoms with Crippen molar-refractivity contribution in [3.63, 3.8) is 0 Å². The van der Waals surface area contributed by atoms with Crippen LogP contribution in [0, 0.1) is 0 Å². The highest BCUT2D eigenvalue weighted by atomic mass is 32.2. The minimum Gasteiger partial charge on any atom is -0.495 e. The Bertz CT molecular complexity index is 3610. The summed E-state index contributed by atoms with van der Waals surface area (Å²) in [6, 6.07) is 50.3. The fraction of sp³-hybridized carbons (Fsp3) is 0.324. The summed E-state index contributed by atoms with van der Waals surface area (Å²) in [5.41, 5.74) is 5.82. The Morgan fingerprint density at radius 2 is 0.828 bits per heavy atom. The Hall–Kier alpha value is -7.69. The molecule has 2 aliphatic carbocycles. The zero-order chi connectivity index (χ0) is 63.1. The summed E-state index contributed by atoms with van der Waals surface area (Å²) >= 11 is 0. The summed E-state index contributed by atoms with van der Waals surface area (Å²) in [6.07, 6.45) is 4.51. The number of benzene rings is 7. The average molecular weight is 1250 g/mol. The molecule has 0 fully saturated rings. The number of ether oxygens (including phenoxy) is 7. The van der Waals surface area contributed by atoms with Crippen LogP contribution in [-0.4, -0.2) is 92.5 Å². The number of alkyl halides is 3. The van der Waals surface area contributed by atoms with Gasteiger partial charge in [-0.25, -0.2) is 0 Å². The summed E-state index contributed by atoms with van der Waals surface area (Å²) in [7, 11) is -1.36. The standard InChI is InChI=1S/C37H43NO5Si.C31H35F3O7SSi/c1-37(2,3)44(27-14-10-8-11-15-27,28-16-12-9-13-17-28)43-26-19-20-29-31(24-34(40-5)36(42-7)35(29)41-6)30(23-26)25-18-21-33(39-4)32(38)22-25;1-30(2,3)43(22-13-9-7-10-14-22,23-15-11-8-12-16-23)41-21-17-18-24-25(20-27(37-4)29(39-6)28(24)38-5)26(19-21)40-42(35,36)31(32,33)34/h8-18,21-24,26H,19-20,38H2,1-7H3;7-16,19-21H,17-18H2,1-6H3/t26-;21-/m00/s1. The Labute approximate surface area is 512 Å². The number of methoxy groups -OCH3 is 7. The lowest BCUT2D eigenvalue weighted by Crippen LogP contribution is -2.67. The van der Waals surface area contributed by atoms with Gasteiger partial charge in [0.1, 0.15) is 11.5 Å². The molecule has 0 amide bonds. The molecule has 0 aromatic heterocycles. The smallest absolute Gasteiger partial charge is 0.495 e. The van der Waals surface area contributed by atoms with Gasteiger partial charge in [0.2, 0.25) is 11.5 Å². The summed E-state index contributed by atoms with van der Waals surface area (Å²) in [4.78, 5) is 0. The average Bonchev–Trinajstić information content (AvgIpc) is 1.68. The first kappa shape index (κ1) is 65.3. The summed E-state index contributed by atoms with van der Waals surface area (Å²) in [5, 5.41) is 3.77. The lowest BCUT2D eigenvalue weighted by Gasteiger charge is -2.44. The third kappa shape index (κ3) is 13.0. The van der Waals surface area contributed by atoms with Gasteiger partial charge in [-0.3, -0.25) is 0 Å². The van der Waals surface area contributed by atoms with E-state index >= 15 is 0 Å². The number of halogens is 3. The minimum atomic E-state index is -6.04. The molecule has 0 bridgehead atoms. The van der Waals surface area contributed by atoms with Gasteiger partial charge in [-0.2, -0.15) is 21.6 Å². The number of nitrogens with two attached hydrogens (primary N) is 1. The molecule has 0 saturated carbocycles. The van der Waals surface area contributed by atoms with Gasteiger partial charge in [0.05, 0.1) is 67.7 Å². The highest BCUT2D eigenvalue weighted by Gasteiger charge is 2.54. The second-order valence-electron chi connectivity index (χ2n) is 23.1. The summed E-state index contributed by atoms with van der Waals surface area (Å²) in [5.74, 6) is 2.48. The Morgan fingerprint density at radius 3 is 1.17 bits per heavy atom. The fourth-order valence-corrected chi connectivity index (χ4v) is 21.9. The molecule has 0 aliphatic heterocycles. The fourth-order valence-electron chi connectivity index (χ4n) is 12.1. The van der Waals surface area contributed by atoms with Crippen molar-refractivity contribution in [2.75, 3.05) is 55.5 Å².